The van der Waals surface area contributed by atoms with Gasteiger partial charge in [-0.15, -0.1) is 0 Å². The molecule has 0 aromatic heterocycles. The third-order valence-corrected chi connectivity index (χ3v) is 19.5. The van der Waals surface area contributed by atoms with Crippen LogP contribution in [0.25, 0.3) is 0 Å². The molecule has 0 spiro atoms. The molecule has 0 unspecified atom stereocenters. The Morgan fingerprint density at radius 2 is 0.653 bits per heavy atom. The van der Waals surface area contributed by atoms with Gasteiger partial charge in [0.25, 0.3) is 0 Å². The number of benzene rings is 1. The molecule has 0 atom stereocenters. The predicted molar refractivity (Wildman–Crippen MR) is 447 cm³/mol. The topological polar surface area (TPSA) is 586 Å². The molecule has 0 aliphatic rings. The van der Waals surface area contributed by atoms with E-state index in [4.69, 9.17) is 75.5 Å². The minimum absolute atomic E-state index is 0.000278. The number of hydrogen-bond acceptors (Lipinski definition) is 29. The Bertz CT molecular complexity index is 2980. The van der Waals surface area contributed by atoms with E-state index in [-0.39, 0.29) is 88.0 Å². The fourth-order valence-electron chi connectivity index (χ4n) is 9.75. The first kappa shape index (κ1) is 131. The normalized spacial score (nSPS) is 11.8. The van der Waals surface area contributed by atoms with Crippen molar-refractivity contribution >= 4 is 62.0 Å². The molecule has 0 bridgehead atoms. The molecule has 0 radical (unpaired) electrons. The van der Waals surface area contributed by atoms with E-state index in [1.54, 1.807) is 49.2 Å². The van der Waals surface area contributed by atoms with E-state index in [0.29, 0.717) is 72.3 Å². The van der Waals surface area contributed by atoms with Crippen molar-refractivity contribution in [3.8, 4) is 11.5 Å². The number of carbonyl (C=O) groups excluding carboxylic acids is 4. The van der Waals surface area contributed by atoms with Gasteiger partial charge in [-0.2, -0.15) is 18.6 Å². The van der Waals surface area contributed by atoms with E-state index in [2.05, 4.69) is 27.7 Å². The summed E-state index contributed by atoms with van der Waals surface area (Å²) in [5.74, 6) is -8.87. The Morgan fingerprint density at radius 3 is 0.876 bits per heavy atom. The summed E-state index contributed by atoms with van der Waals surface area (Å²) in [5.41, 5.74) is -2.87. The van der Waals surface area contributed by atoms with E-state index in [1.807, 2.05) is 42.3 Å². The number of aromatic hydroxyl groups is 2. The Labute approximate surface area is 723 Å². The number of aliphatic hydroxyl groups excluding tert-OH is 6. The molecule has 0 saturated carbocycles. The van der Waals surface area contributed by atoms with Gasteiger partial charge in [-0.05, 0) is 64.0 Å². The standard InChI is InChI=1S/C15H33NO4S.C13H27NO3.C12H27NO4S.C10H21NO3.C7H15NO3.C7H6O4.C6H13NO3.C6H12O4.C5H10O4/c1-4-5-6-7-8-9-11-14-20-16(2,3)13-10-12-15-21(17,18)19;1-4-5-6-7-8-9-10-11-17-14(2,3)12-13(15)16;1-4-5-6-8-11-17-13(2,3)10-7-9-12-18(14,15)16;1-4-5-6-7-8-14-11(2,3)9-10(12)13;1-8(2,5-6-9)4-3-7(10)11;8-5-1-4(7(10)11)2-6(9)3-5;1-7(2,3-4-8)5-6(9)10;1-2-6(3-7,4-8)5(9)10;1-5(2-6,3-7)4(8)9/h4-15H2,1-3H3;4-12H2,1-3H3;4-12H2,1-3H3;4-9H2,1-3H3;9H,3-6H2,1-2H3;1-3,8-9H,(H,10,11);8H,3-5H2,1-2H3;7-8H,2-4H2,1H3,(H,9,10);6-7H,2-3H2,1H3,(H,8,9). The van der Waals surface area contributed by atoms with Gasteiger partial charge in [-0.25, -0.2) is 41.0 Å². The highest BCUT2D eigenvalue weighted by Gasteiger charge is 2.35. The van der Waals surface area contributed by atoms with Crippen molar-refractivity contribution in [3.63, 3.8) is 0 Å². The number of nitrogens with zero attached hydrogens (tertiary/aromatic N) is 6. The smallest absolute Gasteiger partial charge is 0.335 e. The van der Waals surface area contributed by atoms with Crippen LogP contribution in [0.3, 0.4) is 0 Å². The molecule has 1 rings (SSSR count). The zero-order valence-electron chi connectivity index (χ0n) is 76.7. The zero-order chi connectivity index (χ0) is 95.7. The first-order valence-electron chi connectivity index (χ1n) is 41.8. The van der Waals surface area contributed by atoms with E-state index in [9.17, 15) is 79.9 Å². The molecular formula is C81H164N6O32S2. The summed E-state index contributed by atoms with van der Waals surface area (Å²) in [6.45, 7) is 15.0. The van der Waals surface area contributed by atoms with Crippen LogP contribution >= 0.6 is 0 Å². The van der Waals surface area contributed by atoms with Gasteiger partial charge < -0.3 is 114 Å². The number of hydrogen-bond donors (Lipinski definition) is 11. The summed E-state index contributed by atoms with van der Waals surface area (Å²) in [6, 6.07) is 3.18. The second kappa shape index (κ2) is 75.6. The van der Waals surface area contributed by atoms with Crippen molar-refractivity contribution in [2.24, 2.45) is 10.8 Å². The van der Waals surface area contributed by atoms with E-state index in [1.165, 1.54) is 110 Å². The van der Waals surface area contributed by atoms with Crippen molar-refractivity contribution in [2.75, 3.05) is 215 Å². The first-order chi connectivity index (χ1) is 55.7. The lowest BCUT2D eigenvalue weighted by molar-refractivity contribution is -1.08. The minimum Gasteiger partial charge on any atom is -0.748 e. The maximum absolute atomic E-state index is 10.5. The van der Waals surface area contributed by atoms with E-state index < -0.39 is 99.3 Å². The second-order valence-electron chi connectivity index (χ2n) is 33.1. The average Bonchev–Trinajstić information content (AvgIpc) is 0.867. The van der Waals surface area contributed by atoms with Gasteiger partial charge in [0.05, 0.1) is 174 Å². The largest absolute Gasteiger partial charge is 0.748 e. The van der Waals surface area contributed by atoms with Gasteiger partial charge in [0.15, 0.2) is 0 Å². The molecule has 722 valence electrons. The Balaban J connectivity index is -0.000000201. The third kappa shape index (κ3) is 96.4. The quantitative estimate of drug-likeness (QED) is 0.0192. The number of hydroxylamine groups is 12. The number of carboxylic acid groups (broad SMARTS) is 7. The molecular weight excluding hydrogens is 1630 g/mol. The summed E-state index contributed by atoms with van der Waals surface area (Å²) < 4.78 is 64.5. The highest BCUT2D eigenvalue weighted by Crippen LogP contribution is 2.22. The zero-order valence-corrected chi connectivity index (χ0v) is 78.3. The molecule has 40 heteroatoms. The SMILES string of the molecule is CC(CO)(CO)C(=O)O.CCC(CO)(CO)C(=O)O.CCCCCCCCCO[N+](C)(C)CC(=O)[O-].CCCCCCCCCO[N+](C)(C)CCCCS(=O)(=O)[O-].CCCCCCO[N+](C)(C)CC(=O)[O-].CCCCCCO[N+](C)(C)CCCCS(=O)(=O)[O-].C[N+](C)(CCO)CC(=O)[O-].C[N+](C)(CCO)CCC(=O)[O-].O=C(O)c1cc(O)cc(O)c1. The van der Waals surface area contributed by atoms with Crippen molar-refractivity contribution in [2.45, 2.75) is 221 Å². The summed E-state index contributed by atoms with van der Waals surface area (Å²) in [5, 5.41) is 135. The number of phenols is 2. The molecule has 1 aromatic rings. The number of aliphatic carboxylic acids is 6. The lowest BCUT2D eigenvalue weighted by atomic mass is 9.87. The van der Waals surface area contributed by atoms with Crippen LogP contribution in [0.1, 0.15) is 232 Å². The molecule has 0 saturated heterocycles. The van der Waals surface area contributed by atoms with Crippen molar-refractivity contribution in [1.82, 2.24) is 0 Å². The minimum atomic E-state index is -4.07. The molecule has 0 aliphatic heterocycles. The molecule has 38 nitrogen and oxygen atoms in total. The van der Waals surface area contributed by atoms with Crippen LogP contribution in [0, 0.1) is 10.8 Å². The molecule has 1 aromatic carbocycles. The number of carbonyl (C=O) groups is 7. The summed E-state index contributed by atoms with van der Waals surface area (Å²) in [4.78, 5) is 94.2. The van der Waals surface area contributed by atoms with Crippen LogP contribution in [0.5, 0.6) is 11.5 Å². The Kier molecular flexibility index (Phi) is 81.7. The van der Waals surface area contributed by atoms with Gasteiger partial charge >= 0.3 is 17.9 Å². The van der Waals surface area contributed by atoms with Crippen LogP contribution in [0.15, 0.2) is 18.2 Å². The molecule has 121 heavy (non-hydrogen) atoms. The maximum atomic E-state index is 10.5. The van der Waals surface area contributed by atoms with Gasteiger partial charge in [0.1, 0.15) is 94.6 Å². The summed E-state index contributed by atoms with van der Waals surface area (Å²) >= 11 is 0. The maximum Gasteiger partial charge on any atom is 0.335 e. The van der Waals surface area contributed by atoms with Gasteiger partial charge in [0.2, 0.25) is 0 Å². The highest BCUT2D eigenvalue weighted by molar-refractivity contribution is 7.85. The number of aromatic carboxylic acids is 1. The van der Waals surface area contributed by atoms with Gasteiger partial charge in [0, 0.05) is 42.8 Å². The fourth-order valence-corrected chi connectivity index (χ4v) is 10.9. The highest BCUT2D eigenvalue weighted by atomic mass is 32.2. The number of likely N-dealkylation sites (N-methyl/N-ethyl adjacent to an activating group) is 4. The summed E-state index contributed by atoms with van der Waals surface area (Å²) in [6.07, 6.45) is 29.1. The van der Waals surface area contributed by atoms with E-state index >= 15 is 0 Å². The van der Waals surface area contributed by atoms with Crippen LogP contribution < -0.4 is 20.4 Å². The number of phenolic OH excluding ortho intramolecular Hbond substituents is 2. The van der Waals surface area contributed by atoms with Crippen LogP contribution in [-0.2, 0) is 68.4 Å². The first-order valence-corrected chi connectivity index (χ1v) is 45.0. The predicted octanol–water partition coefficient (Wildman–Crippen LogP) is 2.10. The number of quaternary nitrogens is 6. The van der Waals surface area contributed by atoms with Crippen LogP contribution in [0.4, 0.5) is 0 Å². The van der Waals surface area contributed by atoms with Crippen LogP contribution in [-0.4, -0.2) is 366 Å². The molecule has 0 fully saturated rings. The van der Waals surface area contributed by atoms with Gasteiger partial charge in [-0.1, -0.05) is 150 Å². The van der Waals surface area contributed by atoms with Crippen molar-refractivity contribution in [1.29, 1.82) is 0 Å². The number of carboxylic acids is 7. The molecule has 11 N–H and O–H groups in total. The molecule has 0 amide bonds. The van der Waals surface area contributed by atoms with Gasteiger partial charge in [-0.3, -0.25) is 9.59 Å². The van der Waals surface area contributed by atoms with E-state index in [0.717, 1.165) is 83.0 Å². The molecule has 0 heterocycles. The van der Waals surface area contributed by atoms with Crippen molar-refractivity contribution in [3.05, 3.63) is 23.8 Å². The Hall–Kier alpha value is -5.71. The number of unbranched alkanes of at least 4 members (excludes halogenated alkanes) is 20. The van der Waals surface area contributed by atoms with Crippen LogP contribution in [0.2, 0.25) is 0 Å². The molecule has 0 aliphatic carbocycles. The fraction of sp³-hybridized carbons (Fsp3) is 0.840. The van der Waals surface area contributed by atoms with Crippen molar-refractivity contribution < 1.29 is 183 Å². The lowest BCUT2D eigenvalue weighted by Gasteiger charge is -2.28. The number of rotatable bonds is 61. The number of aliphatic hydroxyl groups is 6. The monoisotopic (exact) mass is 1800 g/mol. The third-order valence-electron chi connectivity index (χ3n) is 17.9. The lowest BCUT2D eigenvalue weighted by Crippen LogP contribution is -2.49. The summed E-state index contributed by atoms with van der Waals surface area (Å²) in [7, 11) is 13.8. The Morgan fingerprint density at radius 1 is 0.364 bits per heavy atom. The average molecular weight is 1800 g/mol. The second-order valence-corrected chi connectivity index (χ2v) is 36.1.